The van der Waals surface area contributed by atoms with Crippen molar-refractivity contribution in [1.82, 2.24) is 4.98 Å². The third-order valence-electron chi connectivity index (χ3n) is 1.14. The van der Waals surface area contributed by atoms with Gasteiger partial charge in [0, 0.05) is 5.38 Å². The standard InChI is InChI=1S/C6H6NO2S2/c1-10-5(6(8)9)4-2-11-3-7-4/h2,5H,1H3,(H,8,9). The summed E-state index contributed by atoms with van der Waals surface area (Å²) in [5, 5.41) is 9.83. The Morgan fingerprint density at radius 2 is 2.73 bits per heavy atom. The van der Waals surface area contributed by atoms with Crippen molar-refractivity contribution >= 4 is 29.1 Å². The van der Waals surface area contributed by atoms with Gasteiger partial charge in [0.05, 0.1) is 5.69 Å². The molecule has 0 fully saturated rings. The predicted octanol–water partition coefficient (Wildman–Crippen LogP) is 1.43. The number of carboxylic acid groups (broad SMARTS) is 1. The van der Waals surface area contributed by atoms with Gasteiger partial charge in [0.1, 0.15) is 5.25 Å². The Labute approximate surface area is 72.5 Å². The third kappa shape index (κ3) is 1.94. The molecule has 0 aliphatic rings. The van der Waals surface area contributed by atoms with Gasteiger partial charge in [-0.05, 0) is 6.26 Å². The molecule has 1 unspecified atom stereocenters. The zero-order chi connectivity index (χ0) is 8.27. The van der Waals surface area contributed by atoms with Crippen molar-refractivity contribution in [3.63, 3.8) is 0 Å². The van der Waals surface area contributed by atoms with Crippen molar-refractivity contribution in [2.75, 3.05) is 6.26 Å². The SMILES string of the molecule is CSC(C(=O)O)c1cs[c]n1. The van der Waals surface area contributed by atoms with Crippen LogP contribution in [0.2, 0.25) is 0 Å². The highest BCUT2D eigenvalue weighted by Crippen LogP contribution is 2.25. The molecular weight excluding hydrogens is 182 g/mol. The fourth-order valence-electron chi connectivity index (χ4n) is 0.661. The summed E-state index contributed by atoms with van der Waals surface area (Å²) in [5.41, 5.74) is 3.19. The van der Waals surface area contributed by atoms with Crippen molar-refractivity contribution in [1.29, 1.82) is 0 Å². The number of carbonyl (C=O) groups is 1. The molecule has 0 amide bonds. The van der Waals surface area contributed by atoms with Gasteiger partial charge in [-0.25, -0.2) is 4.98 Å². The number of aromatic nitrogens is 1. The van der Waals surface area contributed by atoms with Crippen LogP contribution in [0.15, 0.2) is 5.38 Å². The summed E-state index contributed by atoms with van der Waals surface area (Å²) in [6, 6.07) is 0. The maximum Gasteiger partial charge on any atom is 0.322 e. The topological polar surface area (TPSA) is 50.2 Å². The monoisotopic (exact) mass is 188 g/mol. The fourth-order valence-corrected chi connectivity index (χ4v) is 1.83. The van der Waals surface area contributed by atoms with Gasteiger partial charge < -0.3 is 5.11 Å². The van der Waals surface area contributed by atoms with E-state index in [1.54, 1.807) is 11.6 Å². The molecule has 0 aliphatic heterocycles. The van der Waals surface area contributed by atoms with Crippen LogP contribution in [0.5, 0.6) is 0 Å². The second-order valence-corrected chi connectivity index (χ2v) is 3.41. The average Bonchev–Trinajstić information content (AvgIpc) is 2.40. The zero-order valence-electron chi connectivity index (χ0n) is 5.77. The van der Waals surface area contributed by atoms with Crippen molar-refractivity contribution in [3.05, 3.63) is 16.6 Å². The van der Waals surface area contributed by atoms with E-state index in [0.29, 0.717) is 5.69 Å². The highest BCUT2D eigenvalue weighted by molar-refractivity contribution is 7.99. The van der Waals surface area contributed by atoms with Gasteiger partial charge >= 0.3 is 5.97 Å². The van der Waals surface area contributed by atoms with E-state index in [-0.39, 0.29) is 0 Å². The first-order valence-corrected chi connectivity index (χ1v) is 4.99. The highest BCUT2D eigenvalue weighted by Gasteiger charge is 2.19. The van der Waals surface area contributed by atoms with Crippen LogP contribution < -0.4 is 0 Å². The largest absolute Gasteiger partial charge is 0.480 e. The molecule has 3 nitrogen and oxygen atoms in total. The van der Waals surface area contributed by atoms with Gasteiger partial charge in [0.25, 0.3) is 0 Å². The maximum atomic E-state index is 10.6. The van der Waals surface area contributed by atoms with Crippen LogP contribution >= 0.6 is 23.1 Å². The number of aliphatic carboxylic acids is 1. The Morgan fingerprint density at radius 3 is 3.09 bits per heavy atom. The first kappa shape index (κ1) is 8.55. The van der Waals surface area contributed by atoms with Gasteiger partial charge in [-0.1, -0.05) is 0 Å². The number of thioether (sulfide) groups is 1. The molecule has 1 heterocycles. The lowest BCUT2D eigenvalue weighted by molar-refractivity contribution is -0.136. The van der Waals surface area contributed by atoms with E-state index in [1.165, 1.54) is 23.1 Å². The van der Waals surface area contributed by atoms with Crippen molar-refractivity contribution in [2.24, 2.45) is 0 Å². The minimum atomic E-state index is -0.850. The first-order chi connectivity index (χ1) is 5.25. The van der Waals surface area contributed by atoms with Crippen molar-refractivity contribution in [2.45, 2.75) is 5.25 Å². The Bertz CT molecular complexity index is 235. The molecule has 11 heavy (non-hydrogen) atoms. The molecule has 1 N–H and O–H groups in total. The lowest BCUT2D eigenvalue weighted by Gasteiger charge is -2.03. The molecule has 0 bridgehead atoms. The second kappa shape index (κ2) is 3.73. The Morgan fingerprint density at radius 1 is 2.00 bits per heavy atom. The lowest BCUT2D eigenvalue weighted by Crippen LogP contribution is -2.07. The van der Waals surface area contributed by atoms with Crippen LogP contribution in [0.4, 0.5) is 0 Å². The Hall–Kier alpha value is -0.550. The highest BCUT2D eigenvalue weighted by atomic mass is 32.2. The molecule has 1 aromatic heterocycles. The molecule has 1 radical (unpaired) electrons. The summed E-state index contributed by atoms with van der Waals surface area (Å²) in [5.74, 6) is -0.850. The first-order valence-electron chi connectivity index (χ1n) is 2.82. The molecule has 1 atom stereocenters. The maximum absolute atomic E-state index is 10.6. The number of thiazole rings is 1. The second-order valence-electron chi connectivity index (χ2n) is 1.82. The van der Waals surface area contributed by atoms with E-state index in [2.05, 4.69) is 10.5 Å². The normalized spacial score (nSPS) is 12.8. The van der Waals surface area contributed by atoms with Gasteiger partial charge in [-0.2, -0.15) is 0 Å². The Kier molecular flexibility index (Phi) is 2.90. The molecule has 59 valence electrons. The molecule has 0 saturated heterocycles. The molecule has 1 aromatic rings. The van der Waals surface area contributed by atoms with Gasteiger partial charge in [0.2, 0.25) is 0 Å². The van der Waals surface area contributed by atoms with E-state index in [1.807, 2.05) is 0 Å². The van der Waals surface area contributed by atoms with Crippen LogP contribution in [0.3, 0.4) is 0 Å². The number of carboxylic acids is 1. The smallest absolute Gasteiger partial charge is 0.322 e. The fraction of sp³-hybridized carbons (Fsp3) is 0.333. The predicted molar refractivity (Wildman–Crippen MR) is 44.8 cm³/mol. The quantitative estimate of drug-likeness (QED) is 0.779. The molecule has 0 saturated carbocycles. The van der Waals surface area contributed by atoms with Crippen molar-refractivity contribution in [3.8, 4) is 0 Å². The van der Waals surface area contributed by atoms with Crippen LogP contribution in [-0.2, 0) is 4.79 Å². The van der Waals surface area contributed by atoms with E-state index in [4.69, 9.17) is 5.11 Å². The van der Waals surface area contributed by atoms with E-state index in [9.17, 15) is 4.79 Å². The number of nitrogens with zero attached hydrogens (tertiary/aromatic N) is 1. The van der Waals surface area contributed by atoms with Crippen LogP contribution in [0.25, 0.3) is 0 Å². The number of hydrogen-bond donors (Lipinski definition) is 1. The molecule has 0 spiro atoms. The van der Waals surface area contributed by atoms with E-state index in [0.717, 1.165) is 0 Å². The summed E-state index contributed by atoms with van der Waals surface area (Å²) in [4.78, 5) is 14.4. The van der Waals surface area contributed by atoms with Gasteiger partial charge in [-0.3, -0.25) is 4.79 Å². The van der Waals surface area contributed by atoms with Crippen molar-refractivity contribution < 1.29 is 9.90 Å². The third-order valence-corrected chi connectivity index (χ3v) is 2.61. The van der Waals surface area contributed by atoms with E-state index < -0.39 is 11.2 Å². The van der Waals surface area contributed by atoms with Crippen LogP contribution in [0.1, 0.15) is 10.9 Å². The minimum absolute atomic E-state index is 0.544. The molecule has 0 aromatic carbocycles. The molecular formula is C6H6NO2S2. The van der Waals surface area contributed by atoms with E-state index >= 15 is 0 Å². The zero-order valence-corrected chi connectivity index (χ0v) is 7.41. The summed E-state index contributed by atoms with van der Waals surface area (Å²) in [6.45, 7) is 0. The number of rotatable bonds is 3. The molecule has 1 rings (SSSR count). The molecule has 5 heteroatoms. The minimum Gasteiger partial charge on any atom is -0.480 e. The summed E-state index contributed by atoms with van der Waals surface area (Å²) in [7, 11) is 0. The van der Waals surface area contributed by atoms with Gasteiger partial charge in [0.15, 0.2) is 5.51 Å². The summed E-state index contributed by atoms with van der Waals surface area (Å²) in [6.07, 6.45) is 1.75. The summed E-state index contributed by atoms with van der Waals surface area (Å²) < 4.78 is 0. The Balaban J connectivity index is 2.79. The van der Waals surface area contributed by atoms with Gasteiger partial charge in [-0.15, -0.1) is 23.1 Å². The lowest BCUT2D eigenvalue weighted by atomic mass is 10.3. The van der Waals surface area contributed by atoms with Crippen LogP contribution in [0, 0.1) is 5.51 Å². The summed E-state index contributed by atoms with van der Waals surface area (Å²) >= 11 is 2.55. The number of hydrogen-bond acceptors (Lipinski definition) is 4. The molecule has 0 aliphatic carbocycles. The average molecular weight is 188 g/mol. The van der Waals surface area contributed by atoms with Crippen LogP contribution in [-0.4, -0.2) is 22.3 Å².